The molecule has 2 saturated heterocycles. The van der Waals surface area contributed by atoms with Gasteiger partial charge >= 0.3 is 0 Å². The van der Waals surface area contributed by atoms with Crippen molar-refractivity contribution in [3.05, 3.63) is 0 Å². The molecule has 0 bridgehead atoms. The van der Waals surface area contributed by atoms with Crippen molar-refractivity contribution in [2.45, 2.75) is 18.9 Å². The fourth-order valence-electron chi connectivity index (χ4n) is 2.21. The summed E-state index contributed by atoms with van der Waals surface area (Å²) in [5, 5.41) is 2.42. The number of ether oxygens (including phenoxy) is 1. The van der Waals surface area contributed by atoms with E-state index in [0.717, 1.165) is 6.61 Å². The van der Waals surface area contributed by atoms with E-state index in [0.29, 0.717) is 6.10 Å². The maximum absolute atomic E-state index is 5.62. The molecule has 0 saturated carbocycles. The second kappa shape index (κ2) is 4.21. The minimum atomic E-state index is 0.582. The van der Waals surface area contributed by atoms with E-state index in [9.17, 15) is 0 Å². The van der Waals surface area contributed by atoms with Crippen molar-refractivity contribution in [2.75, 3.05) is 39.3 Å². The van der Waals surface area contributed by atoms with Crippen LogP contribution in [0, 0.1) is 0 Å². The molecule has 0 aromatic carbocycles. The molecule has 2 aliphatic rings. The predicted molar refractivity (Wildman–Crippen MR) is 46.2 cm³/mol. The summed E-state index contributed by atoms with van der Waals surface area (Å²) in [6.07, 6.45) is 3.16. The molecule has 0 aromatic heterocycles. The van der Waals surface area contributed by atoms with Gasteiger partial charge in [-0.2, -0.15) is 0 Å². The Kier molecular flexibility index (Phi) is 2.98. The highest BCUT2D eigenvalue weighted by molar-refractivity contribution is 4.62. The van der Waals surface area contributed by atoms with Crippen LogP contribution in [0.15, 0.2) is 0 Å². The van der Waals surface area contributed by atoms with Crippen LogP contribution in [0.25, 0.3) is 0 Å². The molecule has 0 amide bonds. The molecule has 0 spiro atoms. The van der Waals surface area contributed by atoms with E-state index in [1.54, 1.807) is 4.90 Å². The first-order valence-corrected chi connectivity index (χ1v) is 5.22. The number of rotatable bonds is 2. The summed E-state index contributed by atoms with van der Waals surface area (Å²) in [7, 11) is 0. The lowest BCUT2D eigenvalue weighted by Gasteiger charge is -2.24. The summed E-state index contributed by atoms with van der Waals surface area (Å²) < 4.78 is 5.62. The van der Waals surface area contributed by atoms with Crippen molar-refractivity contribution in [2.24, 2.45) is 0 Å². The molecule has 3 heteroatoms. The Morgan fingerprint density at radius 3 is 2.83 bits per heavy atom. The lowest BCUT2D eigenvalue weighted by atomic mass is 10.2. The van der Waals surface area contributed by atoms with E-state index >= 15 is 0 Å². The van der Waals surface area contributed by atoms with Crippen LogP contribution < -0.4 is 10.2 Å². The number of nitrogens with one attached hydrogen (secondary N) is 1. The molecule has 3 nitrogen and oxygen atoms in total. The van der Waals surface area contributed by atoms with E-state index < -0.39 is 0 Å². The SMILES string of the molecule is C1CO[C@@H](C[NH+]2CC[NH2+]CC2)C1. The first-order chi connectivity index (χ1) is 5.95. The predicted octanol–water partition coefficient (Wildman–Crippen LogP) is -2.37. The molecule has 2 rings (SSSR count). The molecule has 0 aromatic rings. The van der Waals surface area contributed by atoms with Gasteiger partial charge in [-0.3, -0.25) is 0 Å². The van der Waals surface area contributed by atoms with Gasteiger partial charge in [0.15, 0.2) is 0 Å². The Morgan fingerprint density at radius 2 is 2.17 bits per heavy atom. The van der Waals surface area contributed by atoms with Crippen LogP contribution in [0.3, 0.4) is 0 Å². The Morgan fingerprint density at radius 1 is 1.33 bits per heavy atom. The third-order valence-electron chi connectivity index (χ3n) is 2.94. The van der Waals surface area contributed by atoms with Gasteiger partial charge in [0, 0.05) is 6.61 Å². The molecule has 2 heterocycles. The molecule has 0 unspecified atom stereocenters. The standard InChI is InChI=1S/C9H18N2O/c1-2-9(12-7-1)8-11-5-3-10-4-6-11/h9-10H,1-8H2/p+2/t9-/m1/s1. The van der Waals surface area contributed by atoms with Gasteiger partial charge in [-0.25, -0.2) is 0 Å². The van der Waals surface area contributed by atoms with Crippen LogP contribution in [0.2, 0.25) is 0 Å². The van der Waals surface area contributed by atoms with Crippen LogP contribution in [0.5, 0.6) is 0 Å². The highest BCUT2D eigenvalue weighted by Crippen LogP contribution is 2.09. The van der Waals surface area contributed by atoms with E-state index in [2.05, 4.69) is 5.32 Å². The van der Waals surface area contributed by atoms with Gasteiger partial charge in [0.1, 0.15) is 38.8 Å². The van der Waals surface area contributed by atoms with Crippen LogP contribution in [0.4, 0.5) is 0 Å². The summed E-state index contributed by atoms with van der Waals surface area (Å²) >= 11 is 0. The first kappa shape index (κ1) is 8.48. The number of quaternary nitrogens is 2. The van der Waals surface area contributed by atoms with Crippen molar-refractivity contribution >= 4 is 0 Å². The molecule has 70 valence electrons. The minimum Gasteiger partial charge on any atom is -0.372 e. The van der Waals surface area contributed by atoms with Gasteiger partial charge in [-0.15, -0.1) is 0 Å². The highest BCUT2D eigenvalue weighted by atomic mass is 16.5. The van der Waals surface area contributed by atoms with Crippen molar-refractivity contribution in [3.63, 3.8) is 0 Å². The van der Waals surface area contributed by atoms with Crippen LogP contribution in [-0.4, -0.2) is 45.4 Å². The summed E-state index contributed by atoms with van der Waals surface area (Å²) in [5.41, 5.74) is 0. The van der Waals surface area contributed by atoms with E-state index in [4.69, 9.17) is 4.74 Å². The maximum atomic E-state index is 5.62. The first-order valence-electron chi connectivity index (χ1n) is 5.22. The van der Waals surface area contributed by atoms with Gasteiger partial charge in [-0.1, -0.05) is 0 Å². The average Bonchev–Trinajstić information content (AvgIpc) is 2.59. The summed E-state index contributed by atoms with van der Waals surface area (Å²) in [6, 6.07) is 0. The molecule has 1 atom stereocenters. The topological polar surface area (TPSA) is 30.3 Å². The third-order valence-corrected chi connectivity index (χ3v) is 2.94. The molecule has 12 heavy (non-hydrogen) atoms. The number of nitrogens with two attached hydrogens (primary N) is 1. The van der Waals surface area contributed by atoms with Crippen LogP contribution >= 0.6 is 0 Å². The van der Waals surface area contributed by atoms with Gasteiger partial charge < -0.3 is 15.0 Å². The largest absolute Gasteiger partial charge is 0.372 e. The van der Waals surface area contributed by atoms with Crippen LogP contribution in [-0.2, 0) is 4.74 Å². The van der Waals surface area contributed by atoms with E-state index in [1.807, 2.05) is 0 Å². The lowest BCUT2D eigenvalue weighted by molar-refractivity contribution is -0.948. The fourth-order valence-corrected chi connectivity index (χ4v) is 2.21. The molecular formula is C9H20N2O+2. The van der Waals surface area contributed by atoms with Crippen molar-refractivity contribution < 1.29 is 15.0 Å². The van der Waals surface area contributed by atoms with Crippen molar-refractivity contribution in [1.82, 2.24) is 0 Å². The summed E-state index contributed by atoms with van der Waals surface area (Å²) in [4.78, 5) is 1.75. The van der Waals surface area contributed by atoms with Gasteiger partial charge in [0.2, 0.25) is 0 Å². The maximum Gasteiger partial charge on any atom is 0.127 e. The summed E-state index contributed by atoms with van der Waals surface area (Å²) in [6.45, 7) is 7.54. The smallest absolute Gasteiger partial charge is 0.127 e. The van der Waals surface area contributed by atoms with Gasteiger partial charge in [0.25, 0.3) is 0 Å². The molecule has 2 fully saturated rings. The van der Waals surface area contributed by atoms with E-state index in [-0.39, 0.29) is 0 Å². The zero-order chi connectivity index (χ0) is 8.23. The van der Waals surface area contributed by atoms with Crippen molar-refractivity contribution in [3.8, 4) is 0 Å². The highest BCUT2D eigenvalue weighted by Gasteiger charge is 2.23. The number of piperazine rings is 1. The second-order valence-electron chi connectivity index (χ2n) is 3.96. The molecule has 0 aliphatic carbocycles. The molecule has 2 aliphatic heterocycles. The van der Waals surface area contributed by atoms with Crippen LogP contribution in [0.1, 0.15) is 12.8 Å². The monoisotopic (exact) mass is 172 g/mol. The summed E-state index contributed by atoms with van der Waals surface area (Å²) in [5.74, 6) is 0. The normalized spacial score (nSPS) is 32.5. The van der Waals surface area contributed by atoms with Crippen molar-refractivity contribution in [1.29, 1.82) is 0 Å². The van der Waals surface area contributed by atoms with E-state index in [1.165, 1.54) is 45.6 Å². The second-order valence-corrected chi connectivity index (χ2v) is 3.96. The average molecular weight is 172 g/mol. The quantitative estimate of drug-likeness (QED) is 0.479. The Labute approximate surface area is 74.1 Å². The zero-order valence-corrected chi connectivity index (χ0v) is 7.72. The molecule has 0 radical (unpaired) electrons. The van der Waals surface area contributed by atoms with Gasteiger partial charge in [-0.05, 0) is 12.8 Å². The van der Waals surface area contributed by atoms with Gasteiger partial charge in [0.05, 0.1) is 0 Å². The third kappa shape index (κ3) is 2.19. The zero-order valence-electron chi connectivity index (χ0n) is 7.72. The Balaban J connectivity index is 1.69. The molecule has 3 N–H and O–H groups in total. The molecular weight excluding hydrogens is 152 g/mol. The lowest BCUT2D eigenvalue weighted by Crippen LogP contribution is -3.21. The number of hydrogen-bond acceptors (Lipinski definition) is 1. The number of hydrogen-bond donors (Lipinski definition) is 2. The minimum absolute atomic E-state index is 0.582. The Hall–Kier alpha value is -0.120. The Bertz CT molecular complexity index is 128. The fraction of sp³-hybridized carbons (Fsp3) is 1.00.